The number of esters is 1. The second-order valence-corrected chi connectivity index (χ2v) is 5.84. The zero-order valence-corrected chi connectivity index (χ0v) is 16.3. The lowest BCUT2D eigenvalue weighted by Crippen LogP contribution is -2.01. The molecule has 0 aliphatic heterocycles. The summed E-state index contributed by atoms with van der Waals surface area (Å²) < 4.78 is 4.53. The minimum atomic E-state index is -0.242. The van der Waals surface area contributed by atoms with Gasteiger partial charge in [0, 0.05) is 6.42 Å². The molecular weight excluding hydrogens is 328 g/mol. The van der Waals surface area contributed by atoms with E-state index in [1.54, 1.807) is 0 Å². The highest BCUT2D eigenvalue weighted by Gasteiger charge is 1.95. The molecule has 0 aliphatic rings. The molecule has 0 amide bonds. The van der Waals surface area contributed by atoms with E-state index in [0.717, 1.165) is 32.1 Å². The molecule has 0 saturated heterocycles. The van der Waals surface area contributed by atoms with E-state index >= 15 is 0 Å². The molecule has 136 valence electrons. The van der Waals surface area contributed by atoms with E-state index in [1.165, 1.54) is 18.9 Å². The van der Waals surface area contributed by atoms with E-state index in [1.807, 2.05) is 6.08 Å². The molecule has 0 aromatic rings. The lowest BCUT2D eigenvalue weighted by atomic mass is 10.2. The Kier molecular flexibility index (Phi) is 18.6. The summed E-state index contributed by atoms with van der Waals surface area (Å²) in [6.45, 7) is 2.15. The number of thioether (sulfide) groups is 1. The van der Waals surface area contributed by atoms with Gasteiger partial charge in [0.15, 0.2) is 0 Å². The number of carbonyl (C=O) groups is 1. The van der Waals surface area contributed by atoms with Crippen LogP contribution >= 0.6 is 11.8 Å². The molecule has 0 bridgehead atoms. The first-order chi connectivity index (χ1) is 12.3. The number of carbonyl (C=O) groups excluding carboxylic acids is 1. The zero-order valence-electron chi connectivity index (χ0n) is 15.4. The highest BCUT2D eigenvalue weighted by Crippen LogP contribution is 1.98. The van der Waals surface area contributed by atoms with Gasteiger partial charge in [0.2, 0.25) is 0 Å². The van der Waals surface area contributed by atoms with Crippen LogP contribution in [0.15, 0.2) is 60.8 Å². The molecule has 3 heteroatoms. The van der Waals surface area contributed by atoms with E-state index < -0.39 is 0 Å². The quantitative estimate of drug-likeness (QED) is 0.243. The molecule has 0 aromatic carbocycles. The summed E-state index contributed by atoms with van der Waals surface area (Å²) in [5.74, 6) is 3.03. The first-order valence-electron chi connectivity index (χ1n) is 8.72. The Bertz CT molecular complexity index is 528. The van der Waals surface area contributed by atoms with E-state index in [2.05, 4.69) is 77.5 Å². The van der Waals surface area contributed by atoms with Crippen molar-refractivity contribution in [3.63, 3.8) is 0 Å². The van der Waals surface area contributed by atoms with Gasteiger partial charge in [-0.3, -0.25) is 4.79 Å². The molecule has 0 rings (SSSR count). The number of hydrogen-bond donors (Lipinski definition) is 0. The summed E-state index contributed by atoms with van der Waals surface area (Å²) in [4.78, 5) is 10.9. The molecule has 0 aromatic heterocycles. The zero-order chi connectivity index (χ0) is 18.4. The molecule has 0 saturated carbocycles. The second-order valence-electron chi connectivity index (χ2n) is 5.06. The number of ether oxygens (including phenoxy) is 1. The van der Waals surface area contributed by atoms with E-state index in [9.17, 15) is 4.79 Å². The largest absolute Gasteiger partial charge is 0.468 e. The summed E-state index contributed by atoms with van der Waals surface area (Å²) >= 11 is 1.27. The first-order valence-corrected chi connectivity index (χ1v) is 9.71. The third kappa shape index (κ3) is 20.0. The predicted octanol–water partition coefficient (Wildman–Crippen LogP) is 6.00. The van der Waals surface area contributed by atoms with E-state index in [0.29, 0.717) is 6.42 Å². The Morgan fingerprint density at radius 2 is 1.32 bits per heavy atom. The van der Waals surface area contributed by atoms with Gasteiger partial charge in [-0.1, -0.05) is 85.4 Å². The van der Waals surface area contributed by atoms with Crippen LogP contribution in [0, 0.1) is 11.2 Å². The summed E-state index contributed by atoms with van der Waals surface area (Å²) in [6, 6.07) is 0. The highest BCUT2D eigenvalue weighted by atomic mass is 32.2. The fraction of sp³-hybridized carbons (Fsp3) is 0.409. The van der Waals surface area contributed by atoms with Crippen molar-refractivity contribution in [2.45, 2.75) is 45.4 Å². The second kappa shape index (κ2) is 20.1. The van der Waals surface area contributed by atoms with Gasteiger partial charge in [-0.25, -0.2) is 0 Å². The fourth-order valence-corrected chi connectivity index (χ4v) is 2.13. The van der Waals surface area contributed by atoms with Gasteiger partial charge in [-0.15, -0.1) is 0 Å². The van der Waals surface area contributed by atoms with E-state index in [-0.39, 0.29) is 11.7 Å². The predicted molar refractivity (Wildman–Crippen MR) is 111 cm³/mol. The van der Waals surface area contributed by atoms with Crippen LogP contribution in [0.3, 0.4) is 0 Å². The van der Waals surface area contributed by atoms with Gasteiger partial charge in [0.05, 0.1) is 7.11 Å². The minimum absolute atomic E-state index is 0.242. The smallest absolute Gasteiger partial charge is 0.316 e. The summed E-state index contributed by atoms with van der Waals surface area (Å²) in [6.07, 6.45) is 27.4. The van der Waals surface area contributed by atoms with Gasteiger partial charge in [0.25, 0.3) is 0 Å². The highest BCUT2D eigenvalue weighted by molar-refractivity contribution is 8.04. The Morgan fingerprint density at radius 3 is 1.80 bits per heavy atom. The van der Waals surface area contributed by atoms with Gasteiger partial charge in [-0.05, 0) is 37.4 Å². The van der Waals surface area contributed by atoms with Crippen molar-refractivity contribution in [2.75, 3.05) is 12.9 Å². The summed E-state index contributed by atoms with van der Waals surface area (Å²) in [5.41, 5.74) is 0. The van der Waals surface area contributed by atoms with Crippen molar-refractivity contribution in [3.05, 3.63) is 60.8 Å². The van der Waals surface area contributed by atoms with Gasteiger partial charge >= 0.3 is 5.97 Å². The van der Waals surface area contributed by atoms with Crippen LogP contribution in [0.4, 0.5) is 0 Å². The molecule has 0 unspecified atom stereocenters. The maximum atomic E-state index is 10.9. The minimum Gasteiger partial charge on any atom is -0.468 e. The van der Waals surface area contributed by atoms with Crippen molar-refractivity contribution in [1.29, 1.82) is 0 Å². The Hall–Kier alpha value is -1.92. The molecule has 0 radical (unpaired) electrons. The molecule has 2 nitrogen and oxygen atoms in total. The number of hydrogen-bond acceptors (Lipinski definition) is 3. The number of rotatable bonds is 12. The summed E-state index contributed by atoms with van der Waals surface area (Å²) in [5, 5.41) is 2.88. The Balaban J connectivity index is 3.56. The molecule has 25 heavy (non-hydrogen) atoms. The molecule has 0 spiro atoms. The lowest BCUT2D eigenvalue weighted by molar-refractivity contribution is -0.137. The van der Waals surface area contributed by atoms with Crippen molar-refractivity contribution in [2.24, 2.45) is 0 Å². The van der Waals surface area contributed by atoms with Crippen molar-refractivity contribution >= 4 is 17.7 Å². The molecule has 0 fully saturated rings. The molecule has 0 N–H and O–H groups in total. The van der Waals surface area contributed by atoms with Crippen LogP contribution in [-0.2, 0) is 9.53 Å². The molecular formula is C22H30O2S. The summed E-state index contributed by atoms with van der Waals surface area (Å²) in [7, 11) is 1.38. The van der Waals surface area contributed by atoms with Crippen LogP contribution in [0.5, 0.6) is 0 Å². The van der Waals surface area contributed by atoms with Crippen molar-refractivity contribution < 1.29 is 9.53 Å². The number of allylic oxidation sites excluding steroid dienone is 10. The van der Waals surface area contributed by atoms with Crippen LogP contribution in [0.1, 0.15) is 45.4 Å². The van der Waals surface area contributed by atoms with Gasteiger partial charge in [-0.2, -0.15) is 0 Å². The van der Waals surface area contributed by atoms with Gasteiger partial charge in [0.1, 0.15) is 5.75 Å². The van der Waals surface area contributed by atoms with E-state index in [4.69, 9.17) is 0 Å². The average molecular weight is 359 g/mol. The number of methoxy groups -OCH3 is 1. The van der Waals surface area contributed by atoms with Crippen LogP contribution in [0.25, 0.3) is 0 Å². The fourth-order valence-electron chi connectivity index (χ4n) is 1.64. The third-order valence-electron chi connectivity index (χ3n) is 2.94. The lowest BCUT2D eigenvalue weighted by Gasteiger charge is -1.91. The van der Waals surface area contributed by atoms with Crippen molar-refractivity contribution in [3.8, 4) is 11.2 Å². The monoisotopic (exact) mass is 358 g/mol. The standard InChI is InChI=1S/C22H30O2S/c1-3-4-5-6-7-8-9-10-11-12-13-14-15-16-17-18-19-20-25-21-22(23)24-2/h4-5,7-8,10-11,13-14,16-17H,3,6,9,12,15,18,21H2,1-2H3/b5-4-,8-7-,11-10-,14-13-,17-16-. The Labute approximate surface area is 157 Å². The maximum Gasteiger partial charge on any atom is 0.316 e. The van der Waals surface area contributed by atoms with Crippen molar-refractivity contribution in [1.82, 2.24) is 0 Å². The van der Waals surface area contributed by atoms with Crippen LogP contribution in [-0.4, -0.2) is 18.8 Å². The average Bonchev–Trinajstić information content (AvgIpc) is 2.63. The maximum absolute atomic E-state index is 10.9. The van der Waals surface area contributed by atoms with Crippen LogP contribution in [0.2, 0.25) is 0 Å². The van der Waals surface area contributed by atoms with Gasteiger partial charge < -0.3 is 4.74 Å². The first kappa shape index (κ1) is 23.1. The molecule has 0 atom stereocenters. The topological polar surface area (TPSA) is 26.3 Å². The third-order valence-corrected chi connectivity index (χ3v) is 3.61. The SMILES string of the molecule is CC/C=C\C/C=C\C/C=C\C/C=C\C/C=C\CC#CSCC(=O)OC. The normalized spacial score (nSPS) is 11.9. The Morgan fingerprint density at radius 1 is 0.840 bits per heavy atom. The molecule has 0 heterocycles. The molecule has 0 aliphatic carbocycles. The van der Waals surface area contributed by atoms with Crippen LogP contribution < -0.4 is 0 Å².